The Kier molecular flexibility index (Phi) is 4.05. The lowest BCUT2D eigenvalue weighted by molar-refractivity contribution is 0.113. The third-order valence-electron chi connectivity index (χ3n) is 2.95. The molecule has 0 radical (unpaired) electrons. The van der Waals surface area contributed by atoms with Gasteiger partial charge in [-0.25, -0.2) is 12.8 Å². The van der Waals surface area contributed by atoms with E-state index >= 15 is 0 Å². The highest BCUT2D eigenvalue weighted by molar-refractivity contribution is 9.10. The number of benzene rings is 1. The Hall–Kier alpha value is -0.500. The molecule has 1 aromatic rings. The second kappa shape index (κ2) is 5.24. The highest BCUT2D eigenvalue weighted by Gasteiger charge is 2.28. The average molecular weight is 338 g/mol. The van der Waals surface area contributed by atoms with Gasteiger partial charge in [0, 0.05) is 13.1 Å². The van der Waals surface area contributed by atoms with Crippen LogP contribution >= 0.6 is 15.9 Å². The van der Waals surface area contributed by atoms with Crippen LogP contribution in [0.3, 0.4) is 0 Å². The molecule has 0 spiro atoms. The van der Waals surface area contributed by atoms with Crippen LogP contribution in [0.2, 0.25) is 0 Å². The molecule has 0 unspecified atom stereocenters. The van der Waals surface area contributed by atoms with Crippen LogP contribution in [-0.4, -0.2) is 37.0 Å². The van der Waals surface area contributed by atoms with E-state index in [4.69, 9.17) is 0 Å². The van der Waals surface area contributed by atoms with Gasteiger partial charge >= 0.3 is 0 Å². The van der Waals surface area contributed by atoms with Crippen molar-refractivity contribution < 1.29 is 17.9 Å². The lowest BCUT2D eigenvalue weighted by Gasteiger charge is -2.28. The molecule has 0 saturated carbocycles. The van der Waals surface area contributed by atoms with Gasteiger partial charge < -0.3 is 5.11 Å². The lowest BCUT2D eigenvalue weighted by Crippen LogP contribution is -2.40. The molecule has 1 fully saturated rings. The Morgan fingerprint density at radius 1 is 1.33 bits per heavy atom. The number of hydrogen-bond acceptors (Lipinski definition) is 3. The largest absolute Gasteiger partial charge is 0.393 e. The predicted molar refractivity (Wildman–Crippen MR) is 68.1 cm³/mol. The molecule has 100 valence electrons. The number of halogens is 2. The summed E-state index contributed by atoms with van der Waals surface area (Å²) in [4.78, 5) is 0.0622. The van der Waals surface area contributed by atoms with Crippen LogP contribution in [0.25, 0.3) is 0 Å². The topological polar surface area (TPSA) is 57.6 Å². The van der Waals surface area contributed by atoms with Crippen molar-refractivity contribution in [2.45, 2.75) is 23.8 Å². The monoisotopic (exact) mass is 337 g/mol. The third kappa shape index (κ3) is 2.74. The van der Waals surface area contributed by atoms with Crippen LogP contribution in [0.4, 0.5) is 4.39 Å². The first kappa shape index (κ1) is 13.9. The molecule has 1 aromatic carbocycles. The fourth-order valence-corrected chi connectivity index (χ4v) is 3.90. The van der Waals surface area contributed by atoms with Gasteiger partial charge in [0.25, 0.3) is 0 Å². The van der Waals surface area contributed by atoms with Crippen molar-refractivity contribution in [1.82, 2.24) is 4.31 Å². The van der Waals surface area contributed by atoms with Gasteiger partial charge in [0.2, 0.25) is 10.0 Å². The summed E-state index contributed by atoms with van der Waals surface area (Å²) in [6, 6.07) is 3.63. The number of sulfonamides is 1. The summed E-state index contributed by atoms with van der Waals surface area (Å²) in [7, 11) is -3.60. The minimum atomic E-state index is -3.60. The smallest absolute Gasteiger partial charge is 0.243 e. The van der Waals surface area contributed by atoms with E-state index in [0.29, 0.717) is 25.9 Å². The molecule has 0 atom stereocenters. The van der Waals surface area contributed by atoms with Gasteiger partial charge in [0.05, 0.1) is 15.5 Å². The summed E-state index contributed by atoms with van der Waals surface area (Å²) in [6.45, 7) is 0.580. The molecule has 0 amide bonds. The quantitative estimate of drug-likeness (QED) is 0.894. The Bertz CT molecular complexity index is 541. The Morgan fingerprint density at radius 3 is 2.50 bits per heavy atom. The van der Waals surface area contributed by atoms with Crippen molar-refractivity contribution in [3.8, 4) is 0 Å². The van der Waals surface area contributed by atoms with E-state index in [1.54, 1.807) is 0 Å². The third-order valence-corrected chi connectivity index (χ3v) is 5.45. The Morgan fingerprint density at radius 2 is 1.94 bits per heavy atom. The van der Waals surface area contributed by atoms with Crippen LogP contribution in [0.5, 0.6) is 0 Å². The van der Waals surface area contributed by atoms with Gasteiger partial charge in [0.15, 0.2) is 0 Å². The first-order valence-corrected chi connectivity index (χ1v) is 7.78. The van der Waals surface area contributed by atoms with Crippen molar-refractivity contribution in [3.05, 3.63) is 28.5 Å². The SMILES string of the molecule is O=S(=O)(c1ccc(F)c(Br)c1)N1CCC(O)CC1. The molecule has 1 N–H and O–H groups in total. The van der Waals surface area contributed by atoms with Gasteiger partial charge in [0.1, 0.15) is 5.82 Å². The maximum atomic E-state index is 13.1. The maximum Gasteiger partial charge on any atom is 0.243 e. The van der Waals surface area contributed by atoms with Crippen LogP contribution in [0.1, 0.15) is 12.8 Å². The number of hydrogen-bond donors (Lipinski definition) is 1. The number of piperidine rings is 1. The first-order valence-electron chi connectivity index (χ1n) is 5.54. The van der Waals surface area contributed by atoms with Crippen LogP contribution in [0.15, 0.2) is 27.6 Å². The standard InChI is InChI=1S/C11H13BrFNO3S/c12-10-7-9(1-2-11(10)13)18(16,17)14-5-3-8(15)4-6-14/h1-2,7-8,15H,3-6H2. The van der Waals surface area contributed by atoms with E-state index in [2.05, 4.69) is 15.9 Å². The van der Waals surface area contributed by atoms with Crippen molar-refractivity contribution in [2.75, 3.05) is 13.1 Å². The molecule has 0 aromatic heterocycles. The van der Waals surface area contributed by atoms with Gasteiger partial charge in [-0.2, -0.15) is 4.31 Å². The molecule has 1 aliphatic heterocycles. The minimum absolute atomic E-state index is 0.0622. The summed E-state index contributed by atoms with van der Waals surface area (Å²) in [5.74, 6) is -0.497. The van der Waals surface area contributed by atoms with Crippen molar-refractivity contribution >= 4 is 26.0 Å². The van der Waals surface area contributed by atoms with Crippen LogP contribution in [-0.2, 0) is 10.0 Å². The molecule has 1 aliphatic rings. The molecule has 18 heavy (non-hydrogen) atoms. The van der Waals surface area contributed by atoms with Gasteiger partial charge in [-0.15, -0.1) is 0 Å². The number of rotatable bonds is 2. The van der Waals surface area contributed by atoms with Crippen molar-refractivity contribution in [3.63, 3.8) is 0 Å². The normalized spacial score (nSPS) is 19.1. The lowest BCUT2D eigenvalue weighted by atomic mass is 10.1. The summed E-state index contributed by atoms with van der Waals surface area (Å²) in [5.41, 5.74) is 0. The first-order chi connectivity index (χ1) is 8.41. The highest BCUT2D eigenvalue weighted by atomic mass is 79.9. The second-order valence-electron chi connectivity index (χ2n) is 4.21. The molecule has 0 bridgehead atoms. The maximum absolute atomic E-state index is 13.1. The molecular weight excluding hydrogens is 325 g/mol. The van der Waals surface area contributed by atoms with Crippen LogP contribution in [0, 0.1) is 5.82 Å². The summed E-state index contributed by atoms with van der Waals surface area (Å²) >= 11 is 2.97. The average Bonchev–Trinajstić information content (AvgIpc) is 2.33. The zero-order valence-corrected chi connectivity index (χ0v) is 11.9. The summed E-state index contributed by atoms with van der Waals surface area (Å²) in [5, 5.41) is 9.37. The number of nitrogens with zero attached hydrogens (tertiary/aromatic N) is 1. The molecule has 7 heteroatoms. The highest BCUT2D eigenvalue weighted by Crippen LogP contribution is 2.24. The molecule has 1 saturated heterocycles. The molecule has 2 rings (SSSR count). The van der Waals surface area contributed by atoms with Gasteiger partial charge in [-0.3, -0.25) is 0 Å². The fraction of sp³-hybridized carbons (Fsp3) is 0.455. The van der Waals surface area contributed by atoms with Crippen molar-refractivity contribution in [2.24, 2.45) is 0 Å². The number of aliphatic hydroxyl groups is 1. The van der Waals surface area contributed by atoms with Gasteiger partial charge in [-0.05, 0) is 47.0 Å². The van der Waals surface area contributed by atoms with E-state index in [1.807, 2.05) is 0 Å². The second-order valence-corrected chi connectivity index (χ2v) is 7.00. The fourth-order valence-electron chi connectivity index (χ4n) is 1.87. The summed E-state index contributed by atoms with van der Waals surface area (Å²) < 4.78 is 39.1. The van der Waals surface area contributed by atoms with E-state index in [9.17, 15) is 17.9 Å². The van der Waals surface area contributed by atoms with E-state index in [0.717, 1.165) is 6.07 Å². The molecular formula is C11H13BrFNO3S. The number of aliphatic hydroxyl groups excluding tert-OH is 1. The van der Waals surface area contributed by atoms with E-state index in [-0.39, 0.29) is 9.37 Å². The van der Waals surface area contributed by atoms with Crippen molar-refractivity contribution in [1.29, 1.82) is 0 Å². The van der Waals surface area contributed by atoms with E-state index < -0.39 is 21.9 Å². The minimum Gasteiger partial charge on any atom is -0.393 e. The zero-order valence-electron chi connectivity index (χ0n) is 9.51. The molecule has 0 aliphatic carbocycles. The van der Waals surface area contributed by atoms with E-state index in [1.165, 1.54) is 16.4 Å². The molecule has 1 heterocycles. The predicted octanol–water partition coefficient (Wildman–Crippen LogP) is 1.73. The zero-order chi connectivity index (χ0) is 13.3. The molecule has 4 nitrogen and oxygen atoms in total. The summed E-state index contributed by atoms with van der Waals surface area (Å²) in [6.07, 6.45) is 0.430. The Balaban J connectivity index is 2.27. The van der Waals surface area contributed by atoms with Gasteiger partial charge in [-0.1, -0.05) is 0 Å². The Labute approximate surface area is 114 Å². The van der Waals surface area contributed by atoms with Crippen LogP contribution < -0.4 is 0 Å².